The van der Waals surface area contributed by atoms with Gasteiger partial charge in [-0.15, -0.1) is 0 Å². The number of allylic oxidation sites excluding steroid dienone is 1. The lowest BCUT2D eigenvalue weighted by atomic mass is 9.96. The zero-order chi connectivity index (χ0) is 12.3. The van der Waals surface area contributed by atoms with Crippen molar-refractivity contribution in [2.75, 3.05) is 26.7 Å². The Kier molecular flexibility index (Phi) is 4.23. The lowest BCUT2D eigenvalue weighted by Gasteiger charge is -2.29. The predicted octanol–water partition coefficient (Wildman–Crippen LogP) is 1.50. The van der Waals surface area contributed by atoms with Gasteiger partial charge in [-0.05, 0) is 52.6 Å². The molecule has 2 aliphatic rings. The van der Waals surface area contributed by atoms with Gasteiger partial charge in [-0.25, -0.2) is 0 Å². The van der Waals surface area contributed by atoms with Gasteiger partial charge in [-0.1, -0.05) is 11.6 Å². The van der Waals surface area contributed by atoms with Crippen molar-refractivity contribution in [1.29, 1.82) is 0 Å². The molecule has 3 N–H and O–H groups in total. The van der Waals surface area contributed by atoms with E-state index in [0.717, 1.165) is 19.6 Å². The minimum atomic E-state index is 0.160. The number of rotatable bonds is 5. The Morgan fingerprint density at radius 2 is 2.41 bits per heavy atom. The second-order valence-electron chi connectivity index (χ2n) is 5.88. The molecule has 98 valence electrons. The molecule has 1 fully saturated rings. The molecule has 0 aromatic heterocycles. The summed E-state index contributed by atoms with van der Waals surface area (Å²) >= 11 is 0. The summed E-state index contributed by atoms with van der Waals surface area (Å²) in [4.78, 5) is 2.41. The van der Waals surface area contributed by atoms with Crippen molar-refractivity contribution < 1.29 is 0 Å². The first-order chi connectivity index (χ1) is 8.15. The number of nitrogens with two attached hydrogens (primary N) is 1. The Hall–Kier alpha value is -0.380. The molecule has 0 bridgehead atoms. The fraction of sp³-hybridized carbons (Fsp3) is 0.857. The van der Waals surface area contributed by atoms with E-state index in [1.165, 1.54) is 32.1 Å². The molecule has 2 rings (SSSR count). The van der Waals surface area contributed by atoms with E-state index < -0.39 is 0 Å². The van der Waals surface area contributed by atoms with Crippen LogP contribution in [0, 0.1) is 0 Å². The molecule has 0 aromatic carbocycles. The molecule has 1 aliphatic carbocycles. The van der Waals surface area contributed by atoms with Gasteiger partial charge < -0.3 is 16.0 Å². The number of hydrogen-bond acceptors (Lipinski definition) is 3. The van der Waals surface area contributed by atoms with E-state index in [0.29, 0.717) is 6.04 Å². The Morgan fingerprint density at radius 3 is 2.94 bits per heavy atom. The summed E-state index contributed by atoms with van der Waals surface area (Å²) in [5.74, 6) is 0. The first kappa shape index (κ1) is 13.1. The molecule has 3 heteroatoms. The van der Waals surface area contributed by atoms with Crippen molar-refractivity contribution in [3.05, 3.63) is 11.6 Å². The molecule has 0 saturated carbocycles. The molecule has 2 unspecified atom stereocenters. The quantitative estimate of drug-likeness (QED) is 0.712. The first-order valence-electron chi connectivity index (χ1n) is 6.98. The van der Waals surface area contributed by atoms with Gasteiger partial charge >= 0.3 is 0 Å². The molecule has 0 aromatic rings. The molecule has 1 heterocycles. The summed E-state index contributed by atoms with van der Waals surface area (Å²) in [6.45, 7) is 5.21. The molecule has 0 radical (unpaired) electrons. The Balaban J connectivity index is 1.79. The standard InChI is InChI=1S/C14H27N3/c1-12-9-14(10-15,11-17(12)2)16-8-7-13-5-3-4-6-13/h5,12,16H,3-4,6-11,15H2,1-2H3. The van der Waals surface area contributed by atoms with E-state index in [9.17, 15) is 0 Å². The molecular formula is C14H27N3. The van der Waals surface area contributed by atoms with Crippen molar-refractivity contribution in [3.63, 3.8) is 0 Å². The Bertz CT molecular complexity index is 275. The van der Waals surface area contributed by atoms with Crippen LogP contribution < -0.4 is 11.1 Å². The zero-order valence-electron chi connectivity index (χ0n) is 11.3. The fourth-order valence-electron chi connectivity index (χ4n) is 3.22. The Labute approximate surface area is 105 Å². The van der Waals surface area contributed by atoms with Crippen LogP contribution >= 0.6 is 0 Å². The van der Waals surface area contributed by atoms with Crippen LogP contribution in [0.4, 0.5) is 0 Å². The topological polar surface area (TPSA) is 41.3 Å². The van der Waals surface area contributed by atoms with E-state index in [-0.39, 0.29) is 5.54 Å². The number of likely N-dealkylation sites (N-methyl/N-ethyl adjacent to an activating group) is 1. The molecule has 2 atom stereocenters. The van der Waals surface area contributed by atoms with Crippen LogP contribution in [0.1, 0.15) is 39.0 Å². The summed E-state index contributed by atoms with van der Waals surface area (Å²) in [5, 5.41) is 3.72. The van der Waals surface area contributed by atoms with Gasteiger partial charge in [0.15, 0.2) is 0 Å². The molecule has 1 saturated heterocycles. The average molecular weight is 237 g/mol. The number of nitrogens with zero attached hydrogens (tertiary/aromatic N) is 1. The highest BCUT2D eigenvalue weighted by Gasteiger charge is 2.38. The first-order valence-corrected chi connectivity index (χ1v) is 6.98. The van der Waals surface area contributed by atoms with E-state index in [1.807, 2.05) is 0 Å². The maximum absolute atomic E-state index is 5.98. The van der Waals surface area contributed by atoms with Gasteiger partial charge in [-0.3, -0.25) is 0 Å². The van der Waals surface area contributed by atoms with Crippen LogP contribution in [0.5, 0.6) is 0 Å². The van der Waals surface area contributed by atoms with Crippen LogP contribution in [0.2, 0.25) is 0 Å². The fourth-order valence-corrected chi connectivity index (χ4v) is 3.22. The predicted molar refractivity (Wildman–Crippen MR) is 73.0 cm³/mol. The van der Waals surface area contributed by atoms with Crippen molar-refractivity contribution >= 4 is 0 Å². The van der Waals surface area contributed by atoms with Crippen LogP contribution in [-0.2, 0) is 0 Å². The maximum atomic E-state index is 5.98. The van der Waals surface area contributed by atoms with Gasteiger partial charge in [-0.2, -0.15) is 0 Å². The third-order valence-corrected chi connectivity index (χ3v) is 4.46. The molecule has 0 spiro atoms. The summed E-state index contributed by atoms with van der Waals surface area (Å²) in [6, 6.07) is 0.650. The van der Waals surface area contributed by atoms with Crippen LogP contribution in [0.3, 0.4) is 0 Å². The highest BCUT2D eigenvalue weighted by atomic mass is 15.2. The minimum absolute atomic E-state index is 0.160. The van der Waals surface area contributed by atoms with Gasteiger partial charge in [0, 0.05) is 24.7 Å². The third-order valence-electron chi connectivity index (χ3n) is 4.46. The lowest BCUT2D eigenvalue weighted by molar-refractivity contribution is 0.301. The zero-order valence-corrected chi connectivity index (χ0v) is 11.3. The molecular weight excluding hydrogens is 210 g/mol. The molecule has 0 amide bonds. The van der Waals surface area contributed by atoms with Gasteiger partial charge in [0.2, 0.25) is 0 Å². The lowest BCUT2D eigenvalue weighted by Crippen LogP contribution is -2.53. The SMILES string of the molecule is CC1CC(CN)(NCCC2=CCCC2)CN1C. The summed E-state index contributed by atoms with van der Waals surface area (Å²) in [5.41, 5.74) is 7.79. The Morgan fingerprint density at radius 1 is 1.59 bits per heavy atom. The van der Waals surface area contributed by atoms with Gasteiger partial charge in [0.05, 0.1) is 0 Å². The van der Waals surface area contributed by atoms with Crippen molar-refractivity contribution in [1.82, 2.24) is 10.2 Å². The molecule has 1 aliphatic heterocycles. The van der Waals surface area contributed by atoms with Crippen molar-refractivity contribution in [2.24, 2.45) is 5.73 Å². The summed E-state index contributed by atoms with van der Waals surface area (Å²) < 4.78 is 0. The summed E-state index contributed by atoms with van der Waals surface area (Å²) in [6.07, 6.45) is 8.76. The van der Waals surface area contributed by atoms with Gasteiger partial charge in [0.1, 0.15) is 0 Å². The highest BCUT2D eigenvalue weighted by molar-refractivity contribution is 5.08. The maximum Gasteiger partial charge on any atom is 0.0447 e. The highest BCUT2D eigenvalue weighted by Crippen LogP contribution is 2.25. The van der Waals surface area contributed by atoms with E-state index in [4.69, 9.17) is 5.73 Å². The molecule has 3 nitrogen and oxygen atoms in total. The monoisotopic (exact) mass is 237 g/mol. The number of nitrogens with one attached hydrogen (secondary N) is 1. The van der Waals surface area contributed by atoms with Crippen molar-refractivity contribution in [3.8, 4) is 0 Å². The minimum Gasteiger partial charge on any atom is -0.329 e. The van der Waals surface area contributed by atoms with Gasteiger partial charge in [0.25, 0.3) is 0 Å². The van der Waals surface area contributed by atoms with E-state index >= 15 is 0 Å². The van der Waals surface area contributed by atoms with Crippen LogP contribution in [0.15, 0.2) is 11.6 Å². The van der Waals surface area contributed by atoms with Crippen LogP contribution in [-0.4, -0.2) is 43.2 Å². The second kappa shape index (κ2) is 5.51. The number of hydrogen-bond donors (Lipinski definition) is 2. The van der Waals surface area contributed by atoms with Crippen LogP contribution in [0.25, 0.3) is 0 Å². The van der Waals surface area contributed by atoms with E-state index in [2.05, 4.69) is 30.3 Å². The smallest absolute Gasteiger partial charge is 0.0447 e. The summed E-state index contributed by atoms with van der Waals surface area (Å²) in [7, 11) is 2.20. The number of likely N-dealkylation sites (tertiary alicyclic amines) is 1. The van der Waals surface area contributed by atoms with E-state index in [1.54, 1.807) is 5.57 Å². The third kappa shape index (κ3) is 3.09. The molecule has 17 heavy (non-hydrogen) atoms. The normalized spacial score (nSPS) is 34.3. The van der Waals surface area contributed by atoms with Crippen molar-refractivity contribution in [2.45, 2.75) is 50.6 Å². The average Bonchev–Trinajstić information content (AvgIpc) is 2.89. The second-order valence-corrected chi connectivity index (χ2v) is 5.88. The largest absolute Gasteiger partial charge is 0.329 e.